The van der Waals surface area contributed by atoms with Crippen LogP contribution >= 0.6 is 0 Å². The number of carbonyl (C=O) groups is 1. The molecule has 2 aromatic rings. The predicted octanol–water partition coefficient (Wildman–Crippen LogP) is 2.22. The Morgan fingerprint density at radius 3 is 2.15 bits per heavy atom. The molecule has 1 aromatic carbocycles. The van der Waals surface area contributed by atoms with Crippen LogP contribution in [0.1, 0.15) is 36.7 Å². The number of aldehydes is 1. The number of hydrogen-bond donors (Lipinski definition) is 4. The summed E-state index contributed by atoms with van der Waals surface area (Å²) in [5.74, 6) is -1.99. The van der Waals surface area contributed by atoms with Gasteiger partial charge < -0.3 is 25.5 Å². The molecule has 0 spiro atoms. The van der Waals surface area contributed by atoms with E-state index in [0.29, 0.717) is 11.8 Å². The highest BCUT2D eigenvalue weighted by atomic mass is 16.7. The van der Waals surface area contributed by atoms with Gasteiger partial charge in [0.2, 0.25) is 0 Å². The minimum Gasteiger partial charge on any atom is -0.373 e. The van der Waals surface area contributed by atoms with E-state index in [9.17, 15) is 4.79 Å². The van der Waals surface area contributed by atoms with E-state index in [-0.39, 0.29) is 5.56 Å². The van der Waals surface area contributed by atoms with Gasteiger partial charge in [-0.05, 0) is 48.9 Å². The number of rotatable bonds is 7. The van der Waals surface area contributed by atoms with Gasteiger partial charge in [-0.15, -0.1) is 0 Å². The first-order valence-electron chi connectivity index (χ1n) is 10.3. The quantitative estimate of drug-likeness (QED) is 0.291. The molecule has 176 valence electrons. The summed E-state index contributed by atoms with van der Waals surface area (Å²) in [6, 6.07) is 7.28. The van der Waals surface area contributed by atoms with Crippen LogP contribution in [0.3, 0.4) is 0 Å². The fraction of sp³-hybridized carbons (Fsp3) is 0.231. The van der Waals surface area contributed by atoms with Crippen molar-refractivity contribution in [2.24, 2.45) is 0 Å². The van der Waals surface area contributed by atoms with Crippen LogP contribution in [0.5, 0.6) is 0 Å². The number of benzene rings is 1. The zero-order valence-electron chi connectivity index (χ0n) is 19.8. The lowest BCUT2D eigenvalue weighted by atomic mass is 10.1. The highest BCUT2D eigenvalue weighted by Crippen LogP contribution is 2.17. The van der Waals surface area contributed by atoms with Crippen LogP contribution in [-0.4, -0.2) is 45.6 Å². The van der Waals surface area contributed by atoms with Crippen LogP contribution in [0.4, 0.5) is 5.82 Å². The van der Waals surface area contributed by atoms with E-state index in [2.05, 4.69) is 29.5 Å². The Morgan fingerprint density at radius 2 is 1.73 bits per heavy atom. The number of allylic oxidation sites excluding steroid dienone is 3. The molecule has 0 saturated carbocycles. The number of aliphatic hydroxyl groups is 3. The Morgan fingerprint density at radius 1 is 1.12 bits per heavy atom. The molecule has 0 amide bonds. The Bertz CT molecular complexity index is 1130. The lowest BCUT2D eigenvalue weighted by Gasteiger charge is -2.22. The molecule has 0 bridgehead atoms. The van der Waals surface area contributed by atoms with Crippen molar-refractivity contribution in [1.29, 1.82) is 0 Å². The standard InChI is InChI=1S/C18H25N3.C8H8O4/c1-8-15-12-20-18(19-6)11-16(15)10-14(5)17(9-2)21(7)13(3)4;9-5-6-1-3-7(4-2-6)8(10,11)12/h8-12,19H,3,5H2,1-2,4,6-7H3;1-5,10-12H/b15-8-,16-10-,17-9-;. The van der Waals surface area contributed by atoms with Crippen molar-refractivity contribution in [3.05, 3.63) is 94.3 Å². The average Bonchev–Trinajstić information content (AvgIpc) is 2.79. The first-order valence-corrected chi connectivity index (χ1v) is 10.3. The maximum Gasteiger partial charge on any atom is 0.304 e. The van der Waals surface area contributed by atoms with Crippen LogP contribution in [0, 0.1) is 0 Å². The molecule has 0 saturated heterocycles. The third kappa shape index (κ3) is 8.16. The summed E-state index contributed by atoms with van der Waals surface area (Å²) in [6.45, 7) is 14.2. The van der Waals surface area contributed by atoms with Crippen LogP contribution < -0.4 is 15.8 Å². The molecule has 2 rings (SSSR count). The van der Waals surface area contributed by atoms with Crippen molar-refractivity contribution in [1.82, 2.24) is 9.88 Å². The molecule has 0 unspecified atom stereocenters. The van der Waals surface area contributed by atoms with Gasteiger partial charge in [0.25, 0.3) is 0 Å². The number of nitrogens with zero attached hydrogens (tertiary/aromatic N) is 2. The van der Waals surface area contributed by atoms with Crippen molar-refractivity contribution in [3.63, 3.8) is 0 Å². The van der Waals surface area contributed by atoms with Crippen molar-refractivity contribution in [2.45, 2.75) is 26.7 Å². The topological polar surface area (TPSA) is 106 Å². The van der Waals surface area contributed by atoms with Gasteiger partial charge in [0.05, 0.1) is 0 Å². The van der Waals surface area contributed by atoms with Gasteiger partial charge >= 0.3 is 5.97 Å². The van der Waals surface area contributed by atoms with E-state index in [1.165, 1.54) is 24.3 Å². The molecular formula is C26H33N3O4. The molecule has 0 atom stereocenters. The molecule has 4 N–H and O–H groups in total. The zero-order chi connectivity index (χ0) is 25.2. The van der Waals surface area contributed by atoms with Crippen LogP contribution in [0.2, 0.25) is 0 Å². The fourth-order valence-electron chi connectivity index (χ4n) is 2.83. The maximum atomic E-state index is 10.2. The summed E-state index contributed by atoms with van der Waals surface area (Å²) in [5.41, 5.74) is 3.30. The highest BCUT2D eigenvalue weighted by molar-refractivity contribution is 5.74. The van der Waals surface area contributed by atoms with Gasteiger partial charge in [-0.3, -0.25) is 4.79 Å². The largest absolute Gasteiger partial charge is 0.373 e. The van der Waals surface area contributed by atoms with Crippen LogP contribution in [0.15, 0.2) is 72.7 Å². The summed E-state index contributed by atoms with van der Waals surface area (Å²) in [4.78, 5) is 16.5. The van der Waals surface area contributed by atoms with Crippen molar-refractivity contribution < 1.29 is 20.1 Å². The zero-order valence-corrected chi connectivity index (χ0v) is 19.8. The second kappa shape index (κ2) is 12.5. The molecule has 0 fully saturated rings. The molecule has 1 aromatic heterocycles. The summed E-state index contributed by atoms with van der Waals surface area (Å²) in [5, 5.41) is 31.3. The second-order valence-corrected chi connectivity index (χ2v) is 7.25. The first-order chi connectivity index (χ1) is 15.5. The van der Waals surface area contributed by atoms with E-state index >= 15 is 0 Å². The molecule has 0 aliphatic carbocycles. The number of pyridine rings is 1. The molecule has 0 aliphatic heterocycles. The molecule has 33 heavy (non-hydrogen) atoms. The lowest BCUT2D eigenvalue weighted by molar-refractivity contribution is -0.323. The molecular weight excluding hydrogens is 418 g/mol. The number of carbonyl (C=O) groups excluding carboxylic acids is 1. The lowest BCUT2D eigenvalue weighted by Crippen LogP contribution is -2.26. The number of likely N-dealkylation sites (N-methyl/N-ethyl adjacent to an activating group) is 1. The SMILES string of the molecule is C=C(/C=c1/cc(NC)nc/c1=C/C)/C(=C/C)N(C)C(=C)C.O=Cc1ccc(C(O)(O)O)cc1. The highest BCUT2D eigenvalue weighted by Gasteiger charge is 2.20. The molecule has 7 nitrogen and oxygen atoms in total. The van der Waals surface area contributed by atoms with Crippen molar-refractivity contribution in [3.8, 4) is 0 Å². The number of anilines is 1. The van der Waals surface area contributed by atoms with Gasteiger partial charge in [0.1, 0.15) is 12.1 Å². The number of aromatic nitrogens is 1. The van der Waals surface area contributed by atoms with E-state index in [1.807, 2.05) is 64.2 Å². The number of hydrogen-bond acceptors (Lipinski definition) is 7. The van der Waals surface area contributed by atoms with E-state index in [4.69, 9.17) is 15.3 Å². The Labute approximate surface area is 195 Å². The normalized spacial score (nSPS) is 12.5. The molecule has 0 radical (unpaired) electrons. The van der Waals surface area contributed by atoms with Gasteiger partial charge in [0.15, 0.2) is 0 Å². The summed E-state index contributed by atoms with van der Waals surface area (Å²) in [7, 11) is 3.86. The van der Waals surface area contributed by atoms with E-state index in [0.717, 1.165) is 33.2 Å². The minimum absolute atomic E-state index is 0.0758. The third-order valence-electron chi connectivity index (χ3n) is 4.84. The maximum absolute atomic E-state index is 10.2. The van der Waals surface area contributed by atoms with Gasteiger partial charge in [-0.1, -0.05) is 49.6 Å². The average molecular weight is 452 g/mol. The molecule has 1 heterocycles. The third-order valence-corrected chi connectivity index (χ3v) is 4.84. The van der Waals surface area contributed by atoms with Gasteiger partial charge in [0, 0.05) is 42.8 Å². The summed E-state index contributed by atoms with van der Waals surface area (Å²) >= 11 is 0. The summed E-state index contributed by atoms with van der Waals surface area (Å²) < 4.78 is 0. The van der Waals surface area contributed by atoms with Gasteiger partial charge in [-0.25, -0.2) is 4.98 Å². The van der Waals surface area contributed by atoms with Crippen LogP contribution in [-0.2, 0) is 5.97 Å². The minimum atomic E-state index is -2.83. The molecule has 0 aliphatic rings. The van der Waals surface area contributed by atoms with Crippen LogP contribution in [0.25, 0.3) is 12.2 Å². The van der Waals surface area contributed by atoms with E-state index in [1.54, 1.807) is 0 Å². The smallest absolute Gasteiger partial charge is 0.304 e. The van der Waals surface area contributed by atoms with Crippen molar-refractivity contribution >= 4 is 24.3 Å². The van der Waals surface area contributed by atoms with Crippen molar-refractivity contribution in [2.75, 3.05) is 19.4 Å². The monoisotopic (exact) mass is 451 g/mol. The predicted molar refractivity (Wildman–Crippen MR) is 133 cm³/mol. The first kappa shape index (κ1) is 27.5. The Hall–Kier alpha value is -3.52. The Balaban J connectivity index is 0.000000383. The van der Waals surface area contributed by atoms with Gasteiger partial charge in [-0.2, -0.15) is 0 Å². The fourth-order valence-corrected chi connectivity index (χ4v) is 2.83. The number of nitrogens with one attached hydrogen (secondary N) is 1. The Kier molecular flexibility index (Phi) is 10.4. The second-order valence-electron chi connectivity index (χ2n) is 7.25. The molecule has 7 heteroatoms. The summed E-state index contributed by atoms with van der Waals surface area (Å²) in [6.07, 6.45) is 8.65. The van der Waals surface area contributed by atoms with E-state index < -0.39 is 5.97 Å².